The third kappa shape index (κ3) is 4.46. The van der Waals surface area contributed by atoms with E-state index in [1.165, 1.54) is 32.1 Å². The molecule has 0 bridgehead atoms. The highest BCUT2D eigenvalue weighted by molar-refractivity contribution is 5.69. The first kappa shape index (κ1) is 18.8. The molecule has 1 amide bonds. The molecule has 28 heavy (non-hydrogen) atoms. The fraction of sp³-hybridized carbons (Fsp3) is 0.478. The van der Waals surface area contributed by atoms with Gasteiger partial charge in [-0.25, -0.2) is 9.78 Å². The fourth-order valence-electron chi connectivity index (χ4n) is 4.36. The molecule has 2 aliphatic rings. The molecule has 1 N–H and O–H groups in total. The number of nitrogens with zero attached hydrogens (tertiary/aromatic N) is 2. The Morgan fingerprint density at radius 3 is 2.68 bits per heavy atom. The van der Waals surface area contributed by atoms with Crippen LogP contribution in [0.1, 0.15) is 62.1 Å². The zero-order valence-electron chi connectivity index (χ0n) is 16.3. The molecule has 0 spiro atoms. The summed E-state index contributed by atoms with van der Waals surface area (Å²) >= 11 is 0. The van der Waals surface area contributed by atoms with Gasteiger partial charge >= 0.3 is 6.09 Å². The number of ether oxygens (including phenoxy) is 1. The van der Waals surface area contributed by atoms with E-state index in [9.17, 15) is 4.79 Å². The van der Waals surface area contributed by atoms with Crippen LogP contribution in [0.2, 0.25) is 0 Å². The molecule has 1 saturated carbocycles. The molecule has 2 heterocycles. The molecule has 1 aliphatic heterocycles. The van der Waals surface area contributed by atoms with Crippen LogP contribution in [0.4, 0.5) is 10.6 Å². The summed E-state index contributed by atoms with van der Waals surface area (Å²) in [6.07, 6.45) is 9.82. The lowest BCUT2D eigenvalue weighted by atomic mass is 9.95. The molecule has 0 radical (unpaired) electrons. The zero-order chi connectivity index (χ0) is 19.2. The van der Waals surface area contributed by atoms with Gasteiger partial charge in [-0.05, 0) is 37.3 Å². The van der Waals surface area contributed by atoms with Gasteiger partial charge in [-0.15, -0.1) is 0 Å². The molecular formula is C23H29N3O2. The highest BCUT2D eigenvalue weighted by Crippen LogP contribution is 2.36. The molecule has 1 aromatic heterocycles. The van der Waals surface area contributed by atoms with E-state index in [2.05, 4.69) is 16.4 Å². The number of amides is 1. The van der Waals surface area contributed by atoms with Gasteiger partial charge in [0.2, 0.25) is 0 Å². The SMILES string of the molecule is O=C(OCc1ccccc1)N1CCCC1c1cccnc1NC1CCCCC1. The number of carbonyl (C=O) groups excluding carboxylic acids is 1. The number of carbonyl (C=O) groups is 1. The maximum atomic E-state index is 12.8. The second kappa shape index (κ2) is 9.09. The molecular weight excluding hydrogens is 350 g/mol. The third-order valence-electron chi connectivity index (χ3n) is 5.84. The van der Waals surface area contributed by atoms with Gasteiger partial charge in [-0.1, -0.05) is 55.7 Å². The average molecular weight is 380 g/mol. The lowest BCUT2D eigenvalue weighted by molar-refractivity contribution is 0.0921. The number of hydrogen-bond donors (Lipinski definition) is 1. The summed E-state index contributed by atoms with van der Waals surface area (Å²) in [6, 6.07) is 14.4. The van der Waals surface area contributed by atoms with Crippen LogP contribution in [0.3, 0.4) is 0 Å². The Morgan fingerprint density at radius 2 is 1.86 bits per heavy atom. The Morgan fingerprint density at radius 1 is 1.04 bits per heavy atom. The van der Waals surface area contributed by atoms with E-state index >= 15 is 0 Å². The first-order valence-corrected chi connectivity index (χ1v) is 10.5. The van der Waals surface area contributed by atoms with Crippen LogP contribution in [0, 0.1) is 0 Å². The first-order valence-electron chi connectivity index (χ1n) is 10.5. The minimum absolute atomic E-state index is 0.0306. The molecule has 5 heteroatoms. The normalized spacial score (nSPS) is 20.1. The van der Waals surface area contributed by atoms with Crippen molar-refractivity contribution >= 4 is 11.9 Å². The number of anilines is 1. The molecule has 2 fully saturated rings. The lowest BCUT2D eigenvalue weighted by Crippen LogP contribution is -2.32. The van der Waals surface area contributed by atoms with Crippen molar-refractivity contribution in [3.8, 4) is 0 Å². The highest BCUT2D eigenvalue weighted by Gasteiger charge is 2.33. The summed E-state index contributed by atoms with van der Waals surface area (Å²) in [6.45, 7) is 1.04. The summed E-state index contributed by atoms with van der Waals surface area (Å²) in [4.78, 5) is 19.2. The average Bonchev–Trinajstić information content (AvgIpc) is 3.24. The molecule has 1 atom stereocenters. The molecule has 5 nitrogen and oxygen atoms in total. The van der Waals surface area contributed by atoms with Gasteiger partial charge in [0.1, 0.15) is 12.4 Å². The van der Waals surface area contributed by atoms with E-state index in [-0.39, 0.29) is 12.1 Å². The number of pyridine rings is 1. The van der Waals surface area contributed by atoms with Crippen LogP contribution >= 0.6 is 0 Å². The summed E-state index contributed by atoms with van der Waals surface area (Å²) < 4.78 is 5.60. The van der Waals surface area contributed by atoms with Gasteiger partial charge in [0.05, 0.1) is 6.04 Å². The predicted molar refractivity (Wildman–Crippen MR) is 110 cm³/mol. The monoisotopic (exact) mass is 379 g/mol. The van der Waals surface area contributed by atoms with Crippen molar-refractivity contribution in [1.29, 1.82) is 0 Å². The quantitative estimate of drug-likeness (QED) is 0.766. The Kier molecular flexibility index (Phi) is 6.10. The number of rotatable bonds is 5. The maximum Gasteiger partial charge on any atom is 0.410 e. The van der Waals surface area contributed by atoms with Crippen molar-refractivity contribution in [1.82, 2.24) is 9.88 Å². The Hall–Kier alpha value is -2.56. The van der Waals surface area contributed by atoms with Crippen molar-refractivity contribution in [3.05, 3.63) is 59.8 Å². The number of aromatic nitrogens is 1. The Bertz CT molecular complexity index is 774. The molecule has 1 unspecified atom stereocenters. The first-order chi connectivity index (χ1) is 13.8. The van der Waals surface area contributed by atoms with Crippen molar-refractivity contribution in [2.45, 2.75) is 63.6 Å². The minimum atomic E-state index is -0.237. The van der Waals surface area contributed by atoms with Gasteiger partial charge in [0, 0.05) is 24.3 Å². The van der Waals surface area contributed by atoms with Crippen LogP contribution < -0.4 is 5.32 Å². The maximum absolute atomic E-state index is 12.8. The van der Waals surface area contributed by atoms with Crippen LogP contribution in [-0.2, 0) is 11.3 Å². The van der Waals surface area contributed by atoms with Crippen molar-refractivity contribution in [2.75, 3.05) is 11.9 Å². The van der Waals surface area contributed by atoms with Gasteiger partial charge in [-0.3, -0.25) is 0 Å². The van der Waals surface area contributed by atoms with Crippen molar-refractivity contribution in [3.63, 3.8) is 0 Å². The highest BCUT2D eigenvalue weighted by atomic mass is 16.6. The predicted octanol–water partition coefficient (Wildman–Crippen LogP) is 5.30. The summed E-state index contributed by atoms with van der Waals surface area (Å²) in [7, 11) is 0. The third-order valence-corrected chi connectivity index (χ3v) is 5.84. The number of nitrogens with one attached hydrogen (secondary N) is 1. The van der Waals surface area contributed by atoms with Gasteiger partial charge in [0.15, 0.2) is 0 Å². The molecule has 2 aromatic rings. The second-order valence-corrected chi connectivity index (χ2v) is 7.81. The Labute approximate surface area is 167 Å². The topological polar surface area (TPSA) is 54.5 Å². The van der Waals surface area contributed by atoms with Crippen molar-refractivity contribution < 1.29 is 9.53 Å². The van der Waals surface area contributed by atoms with Crippen molar-refractivity contribution in [2.24, 2.45) is 0 Å². The van der Waals surface area contributed by atoms with E-state index in [4.69, 9.17) is 4.74 Å². The van der Waals surface area contributed by atoms with E-state index < -0.39 is 0 Å². The van der Waals surface area contributed by atoms with E-state index in [1.54, 1.807) is 0 Å². The van der Waals surface area contributed by atoms with Crippen LogP contribution in [0.15, 0.2) is 48.7 Å². The molecule has 1 aromatic carbocycles. The van der Waals surface area contributed by atoms with E-state index in [0.717, 1.165) is 36.3 Å². The Balaban J connectivity index is 1.44. The fourth-order valence-corrected chi connectivity index (χ4v) is 4.36. The van der Waals surface area contributed by atoms with Crippen LogP contribution in [0.25, 0.3) is 0 Å². The number of likely N-dealkylation sites (tertiary alicyclic amines) is 1. The van der Waals surface area contributed by atoms with E-state index in [1.807, 2.05) is 47.5 Å². The van der Waals surface area contributed by atoms with Crippen LogP contribution in [-0.4, -0.2) is 28.6 Å². The van der Waals surface area contributed by atoms with E-state index in [0.29, 0.717) is 12.6 Å². The van der Waals surface area contributed by atoms with Gasteiger partial charge < -0.3 is 15.0 Å². The summed E-state index contributed by atoms with van der Waals surface area (Å²) in [5.74, 6) is 0.933. The molecule has 1 saturated heterocycles. The summed E-state index contributed by atoms with van der Waals surface area (Å²) in [5, 5.41) is 3.65. The molecule has 1 aliphatic carbocycles. The molecule has 4 rings (SSSR count). The smallest absolute Gasteiger partial charge is 0.410 e. The summed E-state index contributed by atoms with van der Waals surface area (Å²) in [5.41, 5.74) is 2.12. The standard InChI is InChI=1S/C23H29N3O2/c27-23(28-17-18-9-3-1-4-10-18)26-16-8-14-21(26)20-13-7-15-24-22(20)25-19-11-5-2-6-12-19/h1,3-4,7,9-10,13,15,19,21H,2,5-6,8,11-12,14,16-17H2,(H,24,25). The second-order valence-electron chi connectivity index (χ2n) is 7.81. The number of benzene rings is 1. The number of hydrogen-bond acceptors (Lipinski definition) is 4. The lowest BCUT2D eigenvalue weighted by Gasteiger charge is -2.28. The molecule has 148 valence electrons. The zero-order valence-corrected chi connectivity index (χ0v) is 16.3. The largest absolute Gasteiger partial charge is 0.445 e. The van der Waals surface area contributed by atoms with Gasteiger partial charge in [0.25, 0.3) is 0 Å². The van der Waals surface area contributed by atoms with Crippen LogP contribution in [0.5, 0.6) is 0 Å². The van der Waals surface area contributed by atoms with Gasteiger partial charge in [-0.2, -0.15) is 0 Å². The minimum Gasteiger partial charge on any atom is -0.445 e.